The molecule has 13 heavy (non-hydrogen) atoms. The van der Waals surface area contributed by atoms with Gasteiger partial charge in [-0.15, -0.1) is 12.6 Å². The van der Waals surface area contributed by atoms with Gasteiger partial charge in [-0.3, -0.25) is 4.79 Å². The summed E-state index contributed by atoms with van der Waals surface area (Å²) < 4.78 is 0. The fourth-order valence-electron chi connectivity index (χ4n) is 1.11. The maximum Gasteiger partial charge on any atom is 0.303 e. The first-order chi connectivity index (χ1) is 6.18. The summed E-state index contributed by atoms with van der Waals surface area (Å²) in [5.74, 6) is -0.731. The first kappa shape index (κ1) is 10.1. The van der Waals surface area contributed by atoms with Crippen molar-refractivity contribution >= 4 is 18.6 Å². The van der Waals surface area contributed by atoms with Crippen molar-refractivity contribution in [3.05, 3.63) is 29.8 Å². The molecule has 1 aromatic rings. The Morgan fingerprint density at radius 1 is 1.31 bits per heavy atom. The standard InChI is InChI=1S/C10H12O2S/c11-10(12)3-1-2-8-4-6-9(13)7-5-8/h4-7,13H,1-3H2,(H,11,12). The van der Waals surface area contributed by atoms with E-state index in [1.165, 1.54) is 5.56 Å². The van der Waals surface area contributed by atoms with Gasteiger partial charge < -0.3 is 5.11 Å². The third kappa shape index (κ3) is 3.99. The molecule has 0 bridgehead atoms. The van der Waals surface area contributed by atoms with Crippen molar-refractivity contribution in [1.29, 1.82) is 0 Å². The van der Waals surface area contributed by atoms with E-state index in [1.807, 2.05) is 24.3 Å². The van der Waals surface area contributed by atoms with Gasteiger partial charge in [-0.1, -0.05) is 12.1 Å². The maximum absolute atomic E-state index is 10.2. The van der Waals surface area contributed by atoms with E-state index in [-0.39, 0.29) is 6.42 Å². The third-order valence-corrected chi connectivity index (χ3v) is 2.09. The number of thiol groups is 1. The first-order valence-electron chi connectivity index (χ1n) is 4.18. The van der Waals surface area contributed by atoms with Gasteiger partial charge in [-0.25, -0.2) is 0 Å². The fraction of sp³-hybridized carbons (Fsp3) is 0.300. The van der Waals surface area contributed by atoms with Gasteiger partial charge in [0.05, 0.1) is 0 Å². The van der Waals surface area contributed by atoms with E-state index in [0.29, 0.717) is 6.42 Å². The van der Waals surface area contributed by atoms with Gasteiger partial charge in [0.15, 0.2) is 0 Å². The Hall–Kier alpha value is -0.960. The average molecular weight is 196 g/mol. The van der Waals surface area contributed by atoms with Crippen LogP contribution < -0.4 is 0 Å². The molecular weight excluding hydrogens is 184 g/mol. The lowest BCUT2D eigenvalue weighted by atomic mass is 10.1. The van der Waals surface area contributed by atoms with Crippen LogP contribution in [0.4, 0.5) is 0 Å². The third-order valence-electron chi connectivity index (χ3n) is 1.79. The molecule has 1 N–H and O–H groups in total. The molecule has 0 radical (unpaired) electrons. The van der Waals surface area contributed by atoms with Gasteiger partial charge >= 0.3 is 5.97 Å². The van der Waals surface area contributed by atoms with Crippen molar-refractivity contribution in [3.8, 4) is 0 Å². The molecule has 0 spiro atoms. The summed E-state index contributed by atoms with van der Waals surface area (Å²) in [7, 11) is 0. The van der Waals surface area contributed by atoms with E-state index in [0.717, 1.165) is 11.3 Å². The summed E-state index contributed by atoms with van der Waals surface area (Å²) in [5.41, 5.74) is 1.17. The lowest BCUT2D eigenvalue weighted by molar-refractivity contribution is -0.137. The Labute approximate surface area is 83.0 Å². The van der Waals surface area contributed by atoms with Crippen LogP contribution in [-0.2, 0) is 11.2 Å². The number of rotatable bonds is 4. The highest BCUT2D eigenvalue weighted by Crippen LogP contribution is 2.10. The largest absolute Gasteiger partial charge is 0.481 e. The lowest BCUT2D eigenvalue weighted by Gasteiger charge is -1.99. The second-order valence-electron chi connectivity index (χ2n) is 2.91. The minimum atomic E-state index is -0.731. The molecule has 0 amide bonds. The number of hydrogen-bond donors (Lipinski definition) is 2. The Morgan fingerprint density at radius 3 is 2.46 bits per heavy atom. The number of benzene rings is 1. The van der Waals surface area contributed by atoms with Crippen LogP contribution in [0.25, 0.3) is 0 Å². The maximum atomic E-state index is 10.2. The molecule has 0 atom stereocenters. The predicted octanol–water partition coefficient (Wildman–Crippen LogP) is 2.38. The van der Waals surface area contributed by atoms with Crippen LogP contribution in [0.1, 0.15) is 18.4 Å². The van der Waals surface area contributed by atoms with E-state index in [1.54, 1.807) is 0 Å². The van der Waals surface area contributed by atoms with Crippen LogP contribution in [0, 0.1) is 0 Å². The number of aryl methyl sites for hydroxylation is 1. The van der Waals surface area contributed by atoms with Gasteiger partial charge in [0.25, 0.3) is 0 Å². The molecule has 0 heterocycles. The topological polar surface area (TPSA) is 37.3 Å². The van der Waals surface area contributed by atoms with E-state index < -0.39 is 5.97 Å². The number of hydrogen-bond acceptors (Lipinski definition) is 2. The lowest BCUT2D eigenvalue weighted by Crippen LogP contribution is -1.95. The van der Waals surface area contributed by atoms with E-state index >= 15 is 0 Å². The number of carboxylic acid groups (broad SMARTS) is 1. The van der Waals surface area contributed by atoms with Crippen molar-refractivity contribution in [2.75, 3.05) is 0 Å². The smallest absolute Gasteiger partial charge is 0.303 e. The Kier molecular flexibility index (Phi) is 3.83. The van der Waals surface area contributed by atoms with Gasteiger partial charge in [-0.05, 0) is 30.5 Å². The zero-order chi connectivity index (χ0) is 9.68. The monoisotopic (exact) mass is 196 g/mol. The predicted molar refractivity (Wildman–Crippen MR) is 54.3 cm³/mol. The molecule has 0 fully saturated rings. The molecule has 0 aliphatic heterocycles. The normalized spacial score (nSPS) is 9.92. The highest BCUT2D eigenvalue weighted by molar-refractivity contribution is 7.80. The molecular formula is C10H12O2S. The van der Waals surface area contributed by atoms with Crippen LogP contribution in [0.5, 0.6) is 0 Å². The molecule has 3 heteroatoms. The molecule has 0 aliphatic rings. The Bertz CT molecular complexity index is 279. The Morgan fingerprint density at radius 2 is 1.92 bits per heavy atom. The number of carbonyl (C=O) groups is 1. The van der Waals surface area contributed by atoms with Crippen LogP contribution in [0.2, 0.25) is 0 Å². The molecule has 0 aromatic heterocycles. The van der Waals surface area contributed by atoms with Gasteiger partial charge in [0, 0.05) is 11.3 Å². The minimum Gasteiger partial charge on any atom is -0.481 e. The molecule has 0 unspecified atom stereocenters. The fourth-order valence-corrected chi connectivity index (χ4v) is 1.26. The number of aliphatic carboxylic acids is 1. The van der Waals surface area contributed by atoms with E-state index in [2.05, 4.69) is 12.6 Å². The van der Waals surface area contributed by atoms with Crippen LogP contribution in [-0.4, -0.2) is 11.1 Å². The summed E-state index contributed by atoms with van der Waals surface area (Å²) >= 11 is 4.16. The van der Waals surface area contributed by atoms with Crippen LogP contribution >= 0.6 is 12.6 Å². The zero-order valence-electron chi connectivity index (χ0n) is 7.23. The summed E-state index contributed by atoms with van der Waals surface area (Å²) in [6.45, 7) is 0. The van der Waals surface area contributed by atoms with Crippen molar-refractivity contribution in [2.45, 2.75) is 24.2 Å². The Balaban J connectivity index is 2.37. The average Bonchev–Trinajstić information content (AvgIpc) is 2.08. The van der Waals surface area contributed by atoms with Gasteiger partial charge in [-0.2, -0.15) is 0 Å². The number of carboxylic acids is 1. The molecule has 0 saturated heterocycles. The van der Waals surface area contributed by atoms with E-state index in [9.17, 15) is 4.79 Å². The van der Waals surface area contributed by atoms with Crippen molar-refractivity contribution in [2.24, 2.45) is 0 Å². The van der Waals surface area contributed by atoms with E-state index in [4.69, 9.17) is 5.11 Å². The summed E-state index contributed by atoms with van der Waals surface area (Å²) in [6.07, 6.45) is 1.75. The highest BCUT2D eigenvalue weighted by atomic mass is 32.1. The molecule has 0 aliphatic carbocycles. The molecule has 70 valence electrons. The second-order valence-corrected chi connectivity index (χ2v) is 3.43. The summed E-state index contributed by atoms with van der Waals surface area (Å²) in [5, 5.41) is 8.42. The SMILES string of the molecule is O=C(O)CCCc1ccc(S)cc1. The van der Waals surface area contributed by atoms with Crippen molar-refractivity contribution < 1.29 is 9.90 Å². The van der Waals surface area contributed by atoms with Crippen molar-refractivity contribution in [3.63, 3.8) is 0 Å². The summed E-state index contributed by atoms with van der Waals surface area (Å²) in [6, 6.07) is 7.78. The summed E-state index contributed by atoms with van der Waals surface area (Å²) in [4.78, 5) is 11.2. The van der Waals surface area contributed by atoms with Gasteiger partial charge in [0.2, 0.25) is 0 Å². The minimum absolute atomic E-state index is 0.239. The molecule has 1 aromatic carbocycles. The van der Waals surface area contributed by atoms with Crippen molar-refractivity contribution in [1.82, 2.24) is 0 Å². The zero-order valence-corrected chi connectivity index (χ0v) is 8.13. The highest BCUT2D eigenvalue weighted by Gasteiger charge is 1.97. The molecule has 1 rings (SSSR count). The first-order valence-corrected chi connectivity index (χ1v) is 4.63. The van der Waals surface area contributed by atoms with Gasteiger partial charge in [0.1, 0.15) is 0 Å². The second kappa shape index (κ2) is 4.92. The van der Waals surface area contributed by atoms with Crippen LogP contribution in [0.3, 0.4) is 0 Å². The molecule has 0 saturated carbocycles. The quantitative estimate of drug-likeness (QED) is 0.725. The molecule has 2 nitrogen and oxygen atoms in total. The van der Waals surface area contributed by atoms with Crippen LogP contribution in [0.15, 0.2) is 29.2 Å².